The topological polar surface area (TPSA) is 46.2 Å². The molecule has 1 aromatic carbocycles. The molecule has 0 saturated heterocycles. The summed E-state index contributed by atoms with van der Waals surface area (Å²) < 4.78 is 58.2. The van der Waals surface area contributed by atoms with Crippen molar-refractivity contribution in [3.63, 3.8) is 0 Å². The fraction of sp³-hybridized carbons (Fsp3) is 0.143. The molecule has 1 rings (SSSR count). The van der Waals surface area contributed by atoms with Crippen molar-refractivity contribution in [2.24, 2.45) is 0 Å². The van der Waals surface area contributed by atoms with Crippen LogP contribution in [-0.2, 0) is 10.0 Å². The van der Waals surface area contributed by atoms with Crippen molar-refractivity contribution >= 4 is 15.7 Å². The first-order chi connectivity index (χ1) is 6.33. The Morgan fingerprint density at radius 1 is 1.13 bits per heavy atom. The Balaban J connectivity index is 0. The van der Waals surface area contributed by atoms with Gasteiger partial charge in [-0.1, -0.05) is 18.2 Å². The molecule has 1 aromatic rings. The van der Waals surface area contributed by atoms with Crippen LogP contribution in [-0.4, -0.2) is 13.9 Å². The maximum Gasteiger partial charge on any atom is 1.00 e. The van der Waals surface area contributed by atoms with Gasteiger partial charge in [-0.3, -0.25) is 4.72 Å². The average molecular weight is 233 g/mol. The molecule has 0 fully saturated rings. The first-order valence-corrected chi connectivity index (χ1v) is 4.95. The zero-order chi connectivity index (χ0) is 10.8. The van der Waals surface area contributed by atoms with Crippen LogP contribution in [0.25, 0.3) is 0 Å². The van der Waals surface area contributed by atoms with Gasteiger partial charge in [-0.2, -0.15) is 21.6 Å². The Morgan fingerprint density at radius 2 is 1.60 bits per heavy atom. The summed E-state index contributed by atoms with van der Waals surface area (Å²) in [4.78, 5) is 0. The SMILES string of the molecule is O=S(=O)(Nc1ccccc1)C(F)(F)F.[H-].[Li+]. The molecule has 0 heterocycles. The van der Waals surface area contributed by atoms with Crippen LogP contribution in [0.5, 0.6) is 0 Å². The Kier molecular flexibility index (Phi) is 4.71. The van der Waals surface area contributed by atoms with Gasteiger partial charge in [0.15, 0.2) is 0 Å². The van der Waals surface area contributed by atoms with E-state index in [9.17, 15) is 21.6 Å². The fourth-order valence-corrected chi connectivity index (χ4v) is 1.28. The van der Waals surface area contributed by atoms with E-state index in [0.29, 0.717) is 0 Å². The fourth-order valence-electron chi connectivity index (χ4n) is 0.719. The third kappa shape index (κ3) is 3.78. The molecule has 0 bridgehead atoms. The number of anilines is 1. The van der Waals surface area contributed by atoms with Crippen molar-refractivity contribution in [1.82, 2.24) is 0 Å². The third-order valence-electron chi connectivity index (χ3n) is 1.33. The standard InChI is InChI=1S/C7H6F3NO2S.Li.H/c8-7(9,10)14(12,13)11-6-4-2-1-3-5-6;;/h1-5,11H;;/q;+1;-1. The number of nitrogens with one attached hydrogen (secondary N) is 1. The summed E-state index contributed by atoms with van der Waals surface area (Å²) in [6, 6.07) is 6.86. The molecule has 0 amide bonds. The molecular weight excluding hydrogens is 226 g/mol. The van der Waals surface area contributed by atoms with Crippen molar-refractivity contribution in [2.75, 3.05) is 4.72 Å². The van der Waals surface area contributed by atoms with E-state index in [1.54, 1.807) is 6.07 Å². The number of alkyl halides is 3. The second-order valence-corrected chi connectivity index (χ2v) is 4.09. The van der Waals surface area contributed by atoms with Crippen LogP contribution in [0.4, 0.5) is 18.9 Å². The minimum atomic E-state index is -5.30. The van der Waals surface area contributed by atoms with Gasteiger partial charge in [-0.15, -0.1) is 0 Å². The van der Waals surface area contributed by atoms with Gasteiger partial charge in [-0.05, 0) is 12.1 Å². The summed E-state index contributed by atoms with van der Waals surface area (Å²) in [5.41, 5.74) is -5.41. The predicted octanol–water partition coefficient (Wildman–Crippen LogP) is -0.935. The number of para-hydroxylation sites is 1. The van der Waals surface area contributed by atoms with E-state index in [1.165, 1.54) is 29.0 Å². The molecule has 3 nitrogen and oxygen atoms in total. The van der Waals surface area contributed by atoms with E-state index in [0.717, 1.165) is 0 Å². The largest absolute Gasteiger partial charge is 1.00 e. The van der Waals surface area contributed by atoms with Gasteiger partial charge in [0.2, 0.25) is 0 Å². The van der Waals surface area contributed by atoms with Crippen LogP contribution < -0.4 is 23.6 Å². The predicted molar refractivity (Wildman–Crippen MR) is 46.2 cm³/mol. The molecule has 1 N–H and O–H groups in total. The maximum absolute atomic E-state index is 11.9. The molecule has 0 saturated carbocycles. The van der Waals surface area contributed by atoms with Crippen LogP contribution in [0.15, 0.2) is 30.3 Å². The number of sulfonamides is 1. The maximum atomic E-state index is 11.9. The van der Waals surface area contributed by atoms with Gasteiger partial charge in [0, 0.05) is 5.69 Å². The minimum absolute atomic E-state index is 0. The number of benzene rings is 1. The molecule has 0 aliphatic heterocycles. The molecule has 15 heavy (non-hydrogen) atoms. The number of hydrogen-bond donors (Lipinski definition) is 1. The van der Waals surface area contributed by atoms with Gasteiger partial charge >= 0.3 is 34.4 Å². The molecule has 0 unspecified atom stereocenters. The quantitative estimate of drug-likeness (QED) is 0.670. The summed E-state index contributed by atoms with van der Waals surface area (Å²) in [6.07, 6.45) is 0. The van der Waals surface area contributed by atoms with E-state index in [1.807, 2.05) is 0 Å². The van der Waals surface area contributed by atoms with E-state index < -0.39 is 15.5 Å². The normalized spacial score (nSPS) is 11.7. The Hall–Kier alpha value is -0.643. The summed E-state index contributed by atoms with van der Waals surface area (Å²) in [5.74, 6) is 0. The second-order valence-electron chi connectivity index (χ2n) is 2.42. The molecule has 80 valence electrons. The van der Waals surface area contributed by atoms with Crippen LogP contribution in [0.2, 0.25) is 0 Å². The smallest absolute Gasteiger partial charge is 1.00 e. The molecular formula is C7H7F3LiNO2S. The third-order valence-corrected chi connectivity index (χ3v) is 2.44. The van der Waals surface area contributed by atoms with Crippen LogP contribution >= 0.6 is 0 Å². The van der Waals surface area contributed by atoms with Gasteiger partial charge in [0.1, 0.15) is 0 Å². The molecule has 8 heteroatoms. The Bertz CT molecular complexity index is 409. The van der Waals surface area contributed by atoms with Crippen LogP contribution in [0.3, 0.4) is 0 Å². The summed E-state index contributed by atoms with van der Waals surface area (Å²) in [5, 5.41) is 0. The number of rotatable bonds is 2. The summed E-state index contributed by atoms with van der Waals surface area (Å²) in [6.45, 7) is 0. The van der Waals surface area contributed by atoms with Crippen LogP contribution in [0.1, 0.15) is 1.43 Å². The van der Waals surface area contributed by atoms with E-state index in [-0.39, 0.29) is 26.0 Å². The monoisotopic (exact) mass is 233 g/mol. The zero-order valence-corrected chi connectivity index (χ0v) is 8.56. The van der Waals surface area contributed by atoms with Crippen molar-refractivity contribution in [1.29, 1.82) is 0 Å². The van der Waals surface area contributed by atoms with Crippen molar-refractivity contribution < 1.29 is 41.9 Å². The van der Waals surface area contributed by atoms with Gasteiger partial charge in [0.25, 0.3) is 0 Å². The first kappa shape index (κ1) is 14.4. The van der Waals surface area contributed by atoms with E-state index in [4.69, 9.17) is 0 Å². The van der Waals surface area contributed by atoms with Crippen LogP contribution in [0, 0.1) is 0 Å². The Labute approximate surface area is 98.4 Å². The van der Waals surface area contributed by atoms with E-state index >= 15 is 0 Å². The molecule has 0 aliphatic rings. The minimum Gasteiger partial charge on any atom is -1.00 e. The van der Waals surface area contributed by atoms with Crippen molar-refractivity contribution in [2.45, 2.75) is 5.51 Å². The molecule has 0 radical (unpaired) electrons. The summed E-state index contributed by atoms with van der Waals surface area (Å²) in [7, 11) is -5.30. The number of halogens is 3. The molecule has 0 atom stereocenters. The second kappa shape index (κ2) is 4.92. The number of hydrogen-bond acceptors (Lipinski definition) is 2. The zero-order valence-electron chi connectivity index (χ0n) is 8.75. The van der Waals surface area contributed by atoms with Gasteiger partial charge in [-0.25, -0.2) is 0 Å². The van der Waals surface area contributed by atoms with E-state index in [2.05, 4.69) is 0 Å². The van der Waals surface area contributed by atoms with Crippen molar-refractivity contribution in [3.05, 3.63) is 30.3 Å². The molecule has 0 aliphatic carbocycles. The molecule has 0 spiro atoms. The van der Waals surface area contributed by atoms with Gasteiger partial charge in [0.05, 0.1) is 0 Å². The summed E-state index contributed by atoms with van der Waals surface area (Å²) >= 11 is 0. The van der Waals surface area contributed by atoms with Gasteiger partial charge < -0.3 is 1.43 Å². The molecule has 0 aromatic heterocycles. The average Bonchev–Trinajstić information content (AvgIpc) is 2.03. The van der Waals surface area contributed by atoms with Crippen molar-refractivity contribution in [3.8, 4) is 0 Å². The Morgan fingerprint density at radius 3 is 2.00 bits per heavy atom. The first-order valence-electron chi connectivity index (χ1n) is 3.47.